The summed E-state index contributed by atoms with van der Waals surface area (Å²) in [6.45, 7) is 5.41. The molecule has 0 saturated carbocycles. The fraction of sp³-hybridized carbons (Fsp3) is 0.600. The number of carbonyl (C=O) groups is 2. The monoisotopic (exact) mass is 293 g/mol. The van der Waals surface area contributed by atoms with E-state index >= 15 is 0 Å². The van der Waals surface area contributed by atoms with Crippen molar-refractivity contribution in [1.29, 1.82) is 0 Å². The fourth-order valence-corrected chi connectivity index (χ4v) is 2.42. The van der Waals surface area contributed by atoms with E-state index in [1.807, 2.05) is 13.8 Å². The van der Waals surface area contributed by atoms with E-state index in [0.717, 1.165) is 19.4 Å². The summed E-state index contributed by atoms with van der Waals surface area (Å²) in [7, 11) is 0. The first kappa shape index (κ1) is 15.6. The van der Waals surface area contributed by atoms with Gasteiger partial charge in [-0.05, 0) is 37.4 Å². The molecule has 2 atom stereocenters. The first-order valence-corrected chi connectivity index (χ1v) is 7.43. The SMILES string of the molecule is CC(C)C(NC(=O)c1ccco1)C(=O)NCC1CCCN1. The number of hydrogen-bond donors (Lipinski definition) is 3. The van der Waals surface area contributed by atoms with Crippen LogP contribution in [-0.4, -0.2) is 37.0 Å². The van der Waals surface area contributed by atoms with E-state index in [2.05, 4.69) is 16.0 Å². The molecule has 21 heavy (non-hydrogen) atoms. The molecule has 0 aliphatic carbocycles. The van der Waals surface area contributed by atoms with Gasteiger partial charge in [0.15, 0.2) is 5.76 Å². The van der Waals surface area contributed by atoms with E-state index in [1.165, 1.54) is 6.26 Å². The summed E-state index contributed by atoms with van der Waals surface area (Å²) in [6, 6.07) is 2.99. The van der Waals surface area contributed by atoms with E-state index < -0.39 is 6.04 Å². The van der Waals surface area contributed by atoms with Crippen molar-refractivity contribution in [2.45, 2.75) is 38.8 Å². The third-order valence-electron chi connectivity index (χ3n) is 3.67. The highest BCUT2D eigenvalue weighted by Crippen LogP contribution is 2.07. The van der Waals surface area contributed by atoms with E-state index in [1.54, 1.807) is 12.1 Å². The summed E-state index contributed by atoms with van der Waals surface area (Å²) in [5, 5.41) is 8.96. The Balaban J connectivity index is 1.88. The zero-order valence-electron chi connectivity index (χ0n) is 12.5. The van der Waals surface area contributed by atoms with Gasteiger partial charge in [-0.2, -0.15) is 0 Å². The first-order chi connectivity index (χ1) is 10.1. The van der Waals surface area contributed by atoms with Gasteiger partial charge < -0.3 is 20.4 Å². The molecule has 0 bridgehead atoms. The van der Waals surface area contributed by atoms with Crippen molar-refractivity contribution in [3.63, 3.8) is 0 Å². The summed E-state index contributed by atoms with van der Waals surface area (Å²) in [5.74, 6) is -0.308. The number of hydrogen-bond acceptors (Lipinski definition) is 4. The zero-order valence-corrected chi connectivity index (χ0v) is 12.5. The Labute approximate surface area is 124 Å². The lowest BCUT2D eigenvalue weighted by Gasteiger charge is -2.22. The van der Waals surface area contributed by atoms with Gasteiger partial charge in [0.2, 0.25) is 5.91 Å². The van der Waals surface area contributed by atoms with Crippen LogP contribution in [0.1, 0.15) is 37.2 Å². The largest absolute Gasteiger partial charge is 0.459 e. The van der Waals surface area contributed by atoms with Gasteiger partial charge >= 0.3 is 0 Å². The molecule has 6 nitrogen and oxygen atoms in total. The number of furan rings is 1. The number of nitrogens with one attached hydrogen (secondary N) is 3. The van der Waals surface area contributed by atoms with Crippen molar-refractivity contribution in [1.82, 2.24) is 16.0 Å². The molecule has 2 unspecified atom stereocenters. The van der Waals surface area contributed by atoms with Gasteiger partial charge in [0.1, 0.15) is 6.04 Å². The highest BCUT2D eigenvalue weighted by atomic mass is 16.3. The molecule has 2 rings (SSSR count). The van der Waals surface area contributed by atoms with Gasteiger partial charge in [0, 0.05) is 12.6 Å². The number of carbonyl (C=O) groups excluding carboxylic acids is 2. The molecule has 116 valence electrons. The molecular formula is C15H23N3O3. The summed E-state index contributed by atoms with van der Waals surface area (Å²) in [5.41, 5.74) is 0. The average molecular weight is 293 g/mol. The van der Waals surface area contributed by atoms with Crippen LogP contribution < -0.4 is 16.0 Å². The summed E-state index contributed by atoms with van der Waals surface area (Å²) in [4.78, 5) is 24.3. The van der Waals surface area contributed by atoms with Crippen LogP contribution in [0.5, 0.6) is 0 Å². The van der Waals surface area contributed by atoms with Crippen LogP contribution in [0.4, 0.5) is 0 Å². The van der Waals surface area contributed by atoms with Crippen molar-refractivity contribution >= 4 is 11.8 Å². The Morgan fingerprint density at radius 2 is 2.29 bits per heavy atom. The van der Waals surface area contributed by atoms with E-state index in [9.17, 15) is 9.59 Å². The van der Waals surface area contributed by atoms with Crippen molar-refractivity contribution in [3.8, 4) is 0 Å². The van der Waals surface area contributed by atoms with Crippen LogP contribution in [0, 0.1) is 5.92 Å². The summed E-state index contributed by atoms with van der Waals surface area (Å²) >= 11 is 0. The predicted octanol–water partition coefficient (Wildman–Crippen LogP) is 0.902. The maximum atomic E-state index is 12.3. The Hall–Kier alpha value is -1.82. The lowest BCUT2D eigenvalue weighted by atomic mass is 10.0. The van der Waals surface area contributed by atoms with Crippen LogP contribution in [0.15, 0.2) is 22.8 Å². The van der Waals surface area contributed by atoms with Gasteiger partial charge in [-0.1, -0.05) is 13.8 Å². The molecule has 1 aliphatic heterocycles. The minimum atomic E-state index is -0.566. The van der Waals surface area contributed by atoms with Crippen LogP contribution in [0.3, 0.4) is 0 Å². The Kier molecular flexibility index (Phi) is 5.38. The highest BCUT2D eigenvalue weighted by Gasteiger charge is 2.26. The van der Waals surface area contributed by atoms with Gasteiger partial charge in [-0.15, -0.1) is 0 Å². The molecule has 2 amide bonds. The molecule has 1 aliphatic rings. The molecular weight excluding hydrogens is 270 g/mol. The zero-order chi connectivity index (χ0) is 15.2. The van der Waals surface area contributed by atoms with Gasteiger partial charge in [-0.25, -0.2) is 0 Å². The molecule has 6 heteroatoms. The maximum absolute atomic E-state index is 12.3. The molecule has 2 heterocycles. The highest BCUT2D eigenvalue weighted by molar-refractivity contribution is 5.95. The van der Waals surface area contributed by atoms with E-state index in [4.69, 9.17) is 4.42 Å². The molecule has 1 saturated heterocycles. The van der Waals surface area contributed by atoms with Gasteiger partial charge in [-0.3, -0.25) is 9.59 Å². The van der Waals surface area contributed by atoms with Crippen molar-refractivity contribution < 1.29 is 14.0 Å². The second-order valence-electron chi connectivity index (χ2n) is 5.71. The summed E-state index contributed by atoms with van der Waals surface area (Å²) < 4.78 is 5.04. The van der Waals surface area contributed by atoms with E-state index in [0.29, 0.717) is 12.6 Å². The molecule has 1 aromatic heterocycles. The van der Waals surface area contributed by atoms with Crippen LogP contribution in [0.2, 0.25) is 0 Å². The average Bonchev–Trinajstić information content (AvgIpc) is 3.13. The Morgan fingerprint density at radius 1 is 1.48 bits per heavy atom. The van der Waals surface area contributed by atoms with Crippen molar-refractivity contribution in [3.05, 3.63) is 24.2 Å². The van der Waals surface area contributed by atoms with Crippen LogP contribution in [-0.2, 0) is 4.79 Å². The van der Waals surface area contributed by atoms with Crippen molar-refractivity contribution in [2.24, 2.45) is 5.92 Å². The third kappa shape index (κ3) is 4.32. The third-order valence-corrected chi connectivity index (χ3v) is 3.67. The normalized spacial score (nSPS) is 19.5. The fourth-order valence-electron chi connectivity index (χ4n) is 2.42. The molecule has 1 fully saturated rings. The molecule has 0 radical (unpaired) electrons. The smallest absolute Gasteiger partial charge is 0.287 e. The van der Waals surface area contributed by atoms with Gasteiger partial charge in [0.25, 0.3) is 5.91 Å². The first-order valence-electron chi connectivity index (χ1n) is 7.43. The lowest BCUT2D eigenvalue weighted by molar-refractivity contribution is -0.124. The van der Waals surface area contributed by atoms with Gasteiger partial charge in [0.05, 0.1) is 6.26 Å². The number of rotatable bonds is 6. The predicted molar refractivity (Wildman–Crippen MR) is 78.8 cm³/mol. The second kappa shape index (κ2) is 7.26. The van der Waals surface area contributed by atoms with Crippen LogP contribution in [0.25, 0.3) is 0 Å². The standard InChI is InChI=1S/C15H23N3O3/c1-10(2)13(18-14(19)12-6-4-8-21-12)15(20)17-9-11-5-3-7-16-11/h4,6,8,10-11,13,16H,3,5,7,9H2,1-2H3,(H,17,20)(H,18,19). The molecule has 0 spiro atoms. The molecule has 0 aromatic carbocycles. The topological polar surface area (TPSA) is 83.4 Å². The Bertz CT molecular complexity index is 465. The second-order valence-corrected chi connectivity index (χ2v) is 5.71. The minimum absolute atomic E-state index is 0.000416. The maximum Gasteiger partial charge on any atom is 0.287 e. The number of amides is 2. The Morgan fingerprint density at radius 3 is 2.86 bits per heavy atom. The summed E-state index contributed by atoms with van der Waals surface area (Å²) in [6.07, 6.45) is 3.65. The quantitative estimate of drug-likeness (QED) is 0.728. The minimum Gasteiger partial charge on any atom is -0.459 e. The van der Waals surface area contributed by atoms with Crippen molar-refractivity contribution in [2.75, 3.05) is 13.1 Å². The van der Waals surface area contributed by atoms with E-state index in [-0.39, 0.29) is 23.5 Å². The molecule has 1 aromatic rings. The van der Waals surface area contributed by atoms with Crippen LogP contribution >= 0.6 is 0 Å². The molecule has 3 N–H and O–H groups in total. The lowest BCUT2D eigenvalue weighted by Crippen LogP contribution is -2.51.